The number of aromatic nitrogens is 2. The summed E-state index contributed by atoms with van der Waals surface area (Å²) in [6.07, 6.45) is 3.46. The number of pyridine rings is 2. The number of aryl methyl sites for hydroxylation is 2. The molecule has 1 atom stereocenters. The second-order valence-electron chi connectivity index (χ2n) is 7.08. The van der Waals surface area contributed by atoms with Crippen molar-refractivity contribution in [3.8, 4) is 11.1 Å². The average molecular weight is 450 g/mol. The number of halogens is 1. The smallest absolute Gasteiger partial charge is 0.258 e. The second-order valence-corrected chi connectivity index (χ2v) is 7.08. The zero-order valence-corrected chi connectivity index (χ0v) is 19.9. The van der Waals surface area contributed by atoms with Crippen molar-refractivity contribution in [1.82, 2.24) is 14.9 Å². The van der Waals surface area contributed by atoms with Crippen LogP contribution in [0.5, 0.6) is 0 Å². The molecule has 0 fully saturated rings. The van der Waals surface area contributed by atoms with Gasteiger partial charge >= 0.3 is 0 Å². The molecule has 2 N–H and O–H groups in total. The molecule has 3 heterocycles. The van der Waals surface area contributed by atoms with Crippen LogP contribution in [0, 0.1) is 5.95 Å². The molecule has 2 aromatic heterocycles. The van der Waals surface area contributed by atoms with Crippen LogP contribution in [0.4, 0.5) is 4.39 Å². The fourth-order valence-corrected chi connectivity index (χ4v) is 3.19. The minimum absolute atomic E-state index is 0.183. The van der Waals surface area contributed by atoms with Crippen molar-refractivity contribution in [3.05, 3.63) is 83.7 Å². The summed E-state index contributed by atoms with van der Waals surface area (Å²) in [4.78, 5) is 25.6. The van der Waals surface area contributed by atoms with Gasteiger partial charge in [-0.3, -0.25) is 14.7 Å². The van der Waals surface area contributed by atoms with E-state index in [4.69, 9.17) is 5.73 Å². The molecule has 1 unspecified atom stereocenters. The molecule has 0 spiro atoms. The van der Waals surface area contributed by atoms with Gasteiger partial charge in [0.2, 0.25) is 5.95 Å². The molecule has 3 aromatic rings. The summed E-state index contributed by atoms with van der Waals surface area (Å²) >= 11 is 0. The second kappa shape index (κ2) is 12.4. The highest BCUT2D eigenvalue weighted by molar-refractivity contribution is 6.04. The topological polar surface area (TPSA) is 84.5 Å². The van der Waals surface area contributed by atoms with Crippen LogP contribution < -0.4 is 5.73 Å². The molecular formula is C26H32FN5O. The molecule has 1 amide bonds. The maximum Gasteiger partial charge on any atom is 0.258 e. The molecule has 6 nitrogen and oxygen atoms in total. The molecule has 1 aromatic carbocycles. The van der Waals surface area contributed by atoms with E-state index in [0.717, 1.165) is 12.8 Å². The Kier molecular flexibility index (Phi) is 9.66. The van der Waals surface area contributed by atoms with Gasteiger partial charge in [-0.1, -0.05) is 52.0 Å². The van der Waals surface area contributed by atoms with Gasteiger partial charge in [-0.25, -0.2) is 9.98 Å². The maximum atomic E-state index is 13.8. The summed E-state index contributed by atoms with van der Waals surface area (Å²) in [5, 5.41) is 0. The molecule has 0 aliphatic carbocycles. The average Bonchev–Trinajstić information content (AvgIpc) is 3.13. The van der Waals surface area contributed by atoms with E-state index in [1.165, 1.54) is 22.5 Å². The first-order valence-electron chi connectivity index (χ1n) is 11.2. The van der Waals surface area contributed by atoms with Gasteiger partial charge < -0.3 is 5.73 Å². The zero-order valence-electron chi connectivity index (χ0n) is 19.9. The number of carbonyl (C=O) groups excluding carboxylic acids is 1. The fraction of sp³-hybridized carbons (Fsp3) is 0.308. The molecule has 0 radical (unpaired) electrons. The van der Waals surface area contributed by atoms with Gasteiger partial charge in [-0.05, 0) is 54.3 Å². The Balaban J connectivity index is 0.000000270. The number of likely N-dealkylation sites (N-methyl/N-ethyl adjacent to an activating group) is 1. The number of guanidine groups is 1. The molecule has 0 saturated heterocycles. The number of carbonyl (C=O) groups is 1. The highest BCUT2D eigenvalue weighted by atomic mass is 19.1. The van der Waals surface area contributed by atoms with Crippen molar-refractivity contribution in [2.45, 2.75) is 46.6 Å². The third kappa shape index (κ3) is 6.44. The third-order valence-electron chi connectivity index (χ3n) is 5.03. The minimum Gasteiger partial charge on any atom is -0.369 e. The summed E-state index contributed by atoms with van der Waals surface area (Å²) in [5.74, 6) is -0.563. The Morgan fingerprint density at radius 3 is 2.18 bits per heavy atom. The predicted octanol–water partition coefficient (Wildman–Crippen LogP) is 4.95. The van der Waals surface area contributed by atoms with E-state index < -0.39 is 12.0 Å². The standard InChI is InChI=1S/C15H13FN4O.C9H13N.C2H6/c1-20-14(21)12(19-15(20)17)10-5-2-4-9(8-10)11-6-3-7-18-13(11)16;1-3-8-6-5-7-9(4-2)10-8;1-2/h2-8,12H,1H3,(H2,17,19);5-7H,3-4H2,1-2H3;1-2H3. The summed E-state index contributed by atoms with van der Waals surface area (Å²) < 4.78 is 13.8. The SMILES string of the molecule is CC.CCc1cccc(CC)n1.CN1C(=O)C(c2cccc(-c3cccnc3F)c2)N=C1N. The molecule has 0 saturated carbocycles. The molecule has 1 aliphatic rings. The van der Waals surface area contributed by atoms with Crippen LogP contribution >= 0.6 is 0 Å². The lowest BCUT2D eigenvalue weighted by molar-refractivity contribution is -0.126. The van der Waals surface area contributed by atoms with Crippen molar-refractivity contribution < 1.29 is 9.18 Å². The maximum absolute atomic E-state index is 13.8. The first kappa shape index (κ1) is 25.6. The molecule has 0 bridgehead atoms. The number of aliphatic imine (C=N–C) groups is 1. The van der Waals surface area contributed by atoms with E-state index >= 15 is 0 Å². The highest BCUT2D eigenvalue weighted by Crippen LogP contribution is 2.29. The van der Waals surface area contributed by atoms with Gasteiger partial charge in [0.15, 0.2) is 12.0 Å². The minimum atomic E-state index is -0.672. The molecule has 4 rings (SSSR count). The lowest BCUT2D eigenvalue weighted by Crippen LogP contribution is -2.34. The van der Waals surface area contributed by atoms with Crippen LogP contribution in [-0.4, -0.2) is 33.8 Å². The largest absolute Gasteiger partial charge is 0.369 e. The molecule has 33 heavy (non-hydrogen) atoms. The van der Waals surface area contributed by atoms with E-state index in [1.807, 2.05) is 13.8 Å². The Hall–Kier alpha value is -3.61. The van der Waals surface area contributed by atoms with E-state index in [-0.39, 0.29) is 11.9 Å². The Morgan fingerprint density at radius 2 is 1.64 bits per heavy atom. The first-order valence-corrected chi connectivity index (χ1v) is 11.2. The van der Waals surface area contributed by atoms with E-state index in [0.29, 0.717) is 16.7 Å². The normalized spacial score (nSPS) is 14.6. The lowest BCUT2D eigenvalue weighted by atomic mass is 10.0. The van der Waals surface area contributed by atoms with Crippen molar-refractivity contribution in [2.24, 2.45) is 10.7 Å². The van der Waals surface area contributed by atoms with Crippen LogP contribution in [0.15, 0.2) is 65.8 Å². The summed E-state index contributed by atoms with van der Waals surface area (Å²) in [6, 6.07) is 15.9. The van der Waals surface area contributed by atoms with Gasteiger partial charge in [0, 0.05) is 30.2 Å². The van der Waals surface area contributed by atoms with Crippen molar-refractivity contribution in [1.29, 1.82) is 0 Å². The predicted molar refractivity (Wildman–Crippen MR) is 131 cm³/mol. The Morgan fingerprint density at radius 1 is 1.00 bits per heavy atom. The van der Waals surface area contributed by atoms with Crippen LogP contribution in [0.25, 0.3) is 11.1 Å². The highest BCUT2D eigenvalue weighted by Gasteiger charge is 2.31. The van der Waals surface area contributed by atoms with Gasteiger partial charge in [0.25, 0.3) is 5.91 Å². The van der Waals surface area contributed by atoms with Gasteiger partial charge in [-0.15, -0.1) is 0 Å². The number of nitrogens with zero attached hydrogens (tertiary/aromatic N) is 4. The van der Waals surface area contributed by atoms with Crippen molar-refractivity contribution in [3.63, 3.8) is 0 Å². The molecular weight excluding hydrogens is 417 g/mol. The number of amides is 1. The number of hydrogen-bond acceptors (Lipinski definition) is 5. The third-order valence-corrected chi connectivity index (χ3v) is 5.03. The summed E-state index contributed by atoms with van der Waals surface area (Å²) in [6.45, 7) is 8.25. The van der Waals surface area contributed by atoms with Crippen LogP contribution in [-0.2, 0) is 17.6 Å². The number of hydrogen-bond donors (Lipinski definition) is 1. The van der Waals surface area contributed by atoms with Crippen molar-refractivity contribution >= 4 is 11.9 Å². The van der Waals surface area contributed by atoms with Gasteiger partial charge in [0.1, 0.15) is 0 Å². The van der Waals surface area contributed by atoms with E-state index in [9.17, 15) is 9.18 Å². The molecule has 1 aliphatic heterocycles. The Labute approximate surface area is 195 Å². The van der Waals surface area contributed by atoms with Crippen molar-refractivity contribution in [2.75, 3.05) is 7.05 Å². The van der Waals surface area contributed by atoms with Crippen LogP contribution in [0.2, 0.25) is 0 Å². The Bertz CT molecular complexity index is 1080. The van der Waals surface area contributed by atoms with Gasteiger partial charge in [0.05, 0.1) is 0 Å². The monoisotopic (exact) mass is 449 g/mol. The quantitative estimate of drug-likeness (QED) is 0.571. The summed E-state index contributed by atoms with van der Waals surface area (Å²) in [7, 11) is 1.58. The summed E-state index contributed by atoms with van der Waals surface area (Å²) in [5.41, 5.74) is 9.75. The molecule has 7 heteroatoms. The molecule has 174 valence electrons. The van der Waals surface area contributed by atoms with E-state index in [2.05, 4.69) is 47.0 Å². The fourth-order valence-electron chi connectivity index (χ4n) is 3.19. The number of rotatable bonds is 4. The number of nitrogens with two attached hydrogens (primary N) is 1. The van der Waals surface area contributed by atoms with Gasteiger partial charge in [-0.2, -0.15) is 4.39 Å². The zero-order chi connectivity index (χ0) is 24.4. The van der Waals surface area contributed by atoms with E-state index in [1.54, 1.807) is 43.4 Å². The first-order chi connectivity index (χ1) is 15.9. The van der Waals surface area contributed by atoms with Crippen LogP contribution in [0.3, 0.4) is 0 Å². The van der Waals surface area contributed by atoms with Crippen LogP contribution in [0.1, 0.15) is 50.7 Å². The lowest BCUT2D eigenvalue weighted by Gasteiger charge is -2.11. The number of benzene rings is 1.